The lowest BCUT2D eigenvalue weighted by Crippen LogP contribution is -2.19. The highest BCUT2D eigenvalue weighted by atomic mass is 35.5. The first-order valence-electron chi connectivity index (χ1n) is 6.49. The number of carbonyl (C=O) groups excluding carboxylic acids is 1. The first-order valence-corrected chi connectivity index (χ1v) is 8.90. The Balaban J connectivity index is 1.78. The number of urea groups is 1. The van der Waals surface area contributed by atoms with Gasteiger partial charge in [0.15, 0.2) is 0 Å². The van der Waals surface area contributed by atoms with E-state index in [1.54, 1.807) is 24.3 Å². The van der Waals surface area contributed by atoms with Crippen molar-refractivity contribution in [2.45, 2.75) is 5.75 Å². The van der Waals surface area contributed by atoms with Gasteiger partial charge in [0, 0.05) is 16.3 Å². The number of fused-ring (bicyclic) bond motifs is 1. The Labute approximate surface area is 142 Å². The number of nitrogens with one attached hydrogen (secondary N) is 3. The molecule has 9 heteroatoms. The lowest BCUT2D eigenvalue weighted by Gasteiger charge is -2.10. The summed E-state index contributed by atoms with van der Waals surface area (Å²) in [7, 11) is -3.41. The van der Waals surface area contributed by atoms with Crippen LogP contribution in [0.2, 0.25) is 10.0 Å². The Kier molecular flexibility index (Phi) is 4.09. The number of para-hydroxylation sites is 1. The molecule has 6 nitrogen and oxygen atoms in total. The number of rotatable bonds is 2. The quantitative estimate of drug-likeness (QED) is 0.747. The van der Waals surface area contributed by atoms with E-state index in [0.717, 1.165) is 0 Å². The number of hydrogen-bond acceptors (Lipinski definition) is 3. The molecule has 0 bridgehead atoms. The predicted octanol–water partition coefficient (Wildman–Crippen LogP) is 3.89. The minimum Gasteiger partial charge on any atom is -0.308 e. The van der Waals surface area contributed by atoms with E-state index in [4.69, 9.17) is 23.2 Å². The van der Waals surface area contributed by atoms with Crippen molar-refractivity contribution >= 4 is 56.3 Å². The molecule has 0 saturated heterocycles. The number of anilines is 3. The van der Waals surface area contributed by atoms with Crippen molar-refractivity contribution in [1.29, 1.82) is 0 Å². The lowest BCUT2D eigenvalue weighted by atomic mass is 10.2. The average Bonchev–Trinajstić information content (AvgIpc) is 2.76. The Morgan fingerprint density at radius 2 is 1.83 bits per heavy atom. The van der Waals surface area contributed by atoms with Crippen LogP contribution in [0.3, 0.4) is 0 Å². The second kappa shape index (κ2) is 5.92. The van der Waals surface area contributed by atoms with Gasteiger partial charge in [-0.2, -0.15) is 0 Å². The van der Waals surface area contributed by atoms with Gasteiger partial charge in [-0.1, -0.05) is 35.3 Å². The maximum absolute atomic E-state index is 12.0. The Morgan fingerprint density at radius 3 is 2.57 bits per heavy atom. The third kappa shape index (κ3) is 3.52. The molecule has 0 aromatic heterocycles. The van der Waals surface area contributed by atoms with Gasteiger partial charge >= 0.3 is 6.03 Å². The van der Waals surface area contributed by atoms with Gasteiger partial charge in [0.25, 0.3) is 0 Å². The summed E-state index contributed by atoms with van der Waals surface area (Å²) in [6.45, 7) is 0. The van der Waals surface area contributed by atoms with Crippen LogP contribution < -0.4 is 15.4 Å². The molecule has 3 rings (SSSR count). The molecular weight excluding hydrogens is 361 g/mol. The number of carbonyl (C=O) groups is 1. The Hall–Kier alpha value is -1.96. The van der Waals surface area contributed by atoms with E-state index in [2.05, 4.69) is 15.4 Å². The molecule has 0 unspecified atom stereocenters. The van der Waals surface area contributed by atoms with Gasteiger partial charge < -0.3 is 10.6 Å². The SMILES string of the molecule is O=C(Nc1cc(Cl)c2c(c1)NS(=O)(=O)C2)Nc1ccccc1Cl. The molecule has 0 fully saturated rings. The van der Waals surface area contributed by atoms with E-state index in [1.807, 2.05) is 0 Å². The van der Waals surface area contributed by atoms with Crippen molar-refractivity contribution in [3.8, 4) is 0 Å². The summed E-state index contributed by atoms with van der Waals surface area (Å²) in [5.41, 5.74) is 1.68. The number of benzene rings is 2. The van der Waals surface area contributed by atoms with Gasteiger partial charge in [-0.15, -0.1) is 0 Å². The number of halogens is 2. The van der Waals surface area contributed by atoms with Crippen LogP contribution in [0.15, 0.2) is 36.4 Å². The zero-order valence-corrected chi connectivity index (χ0v) is 13.9. The molecule has 23 heavy (non-hydrogen) atoms. The molecule has 2 aromatic rings. The Bertz CT molecular complexity index is 900. The third-order valence-corrected chi connectivity index (χ3v) is 5.04. The maximum Gasteiger partial charge on any atom is 0.323 e. The Morgan fingerprint density at radius 1 is 1.09 bits per heavy atom. The topological polar surface area (TPSA) is 87.3 Å². The van der Waals surface area contributed by atoms with Crippen molar-refractivity contribution < 1.29 is 13.2 Å². The molecule has 0 aliphatic carbocycles. The van der Waals surface area contributed by atoms with E-state index >= 15 is 0 Å². The average molecular weight is 372 g/mol. The van der Waals surface area contributed by atoms with Gasteiger partial charge in [-0.25, -0.2) is 13.2 Å². The summed E-state index contributed by atoms with van der Waals surface area (Å²) in [6, 6.07) is 9.28. The molecule has 1 heterocycles. The van der Waals surface area contributed by atoms with Crippen LogP contribution in [-0.2, 0) is 15.8 Å². The van der Waals surface area contributed by atoms with E-state index in [-0.39, 0.29) is 10.8 Å². The van der Waals surface area contributed by atoms with Crippen molar-refractivity contribution in [2.24, 2.45) is 0 Å². The van der Waals surface area contributed by atoms with Crippen molar-refractivity contribution in [2.75, 3.05) is 15.4 Å². The minimum atomic E-state index is -3.41. The molecule has 0 atom stereocenters. The van der Waals surface area contributed by atoms with Crippen molar-refractivity contribution in [3.63, 3.8) is 0 Å². The monoisotopic (exact) mass is 371 g/mol. The molecule has 0 radical (unpaired) electrons. The maximum atomic E-state index is 12.0. The first kappa shape index (κ1) is 15.9. The van der Waals surface area contributed by atoms with Gasteiger partial charge in [-0.3, -0.25) is 4.72 Å². The summed E-state index contributed by atoms with van der Waals surface area (Å²) in [4.78, 5) is 12.0. The molecule has 3 N–H and O–H groups in total. The molecule has 120 valence electrons. The van der Waals surface area contributed by atoms with Crippen LogP contribution in [0.4, 0.5) is 21.9 Å². The molecular formula is C14H11Cl2N3O3S. The molecule has 2 amide bonds. The number of amides is 2. The van der Waals surface area contributed by atoms with E-state index in [9.17, 15) is 13.2 Å². The second-order valence-electron chi connectivity index (χ2n) is 4.90. The zero-order chi connectivity index (χ0) is 16.6. The van der Waals surface area contributed by atoms with Crippen molar-refractivity contribution in [3.05, 3.63) is 52.0 Å². The highest BCUT2D eigenvalue weighted by Gasteiger charge is 2.26. The third-order valence-electron chi connectivity index (χ3n) is 3.18. The van der Waals surface area contributed by atoms with Gasteiger partial charge in [0.05, 0.1) is 22.2 Å². The molecule has 2 aromatic carbocycles. The standard InChI is InChI=1S/C14H11Cl2N3O3S/c15-10-3-1-2-4-12(10)18-14(20)17-8-5-11(16)9-7-23(21,22)19-13(9)6-8/h1-6,19H,7H2,(H2,17,18,20). The van der Waals surface area contributed by atoms with Gasteiger partial charge in [-0.05, 0) is 24.3 Å². The van der Waals surface area contributed by atoms with Crippen LogP contribution in [0.5, 0.6) is 0 Å². The second-order valence-corrected chi connectivity index (χ2v) is 7.44. The summed E-state index contributed by atoms with van der Waals surface area (Å²) in [6.07, 6.45) is 0. The molecule has 0 saturated carbocycles. The zero-order valence-electron chi connectivity index (χ0n) is 11.6. The summed E-state index contributed by atoms with van der Waals surface area (Å²) in [5, 5.41) is 5.86. The predicted molar refractivity (Wildman–Crippen MR) is 91.8 cm³/mol. The highest BCUT2D eigenvalue weighted by Crippen LogP contribution is 2.36. The van der Waals surface area contributed by atoms with E-state index < -0.39 is 16.1 Å². The van der Waals surface area contributed by atoms with Crippen LogP contribution >= 0.6 is 23.2 Å². The minimum absolute atomic E-state index is 0.173. The summed E-state index contributed by atoms with van der Waals surface area (Å²) >= 11 is 12.0. The number of hydrogen-bond donors (Lipinski definition) is 3. The smallest absolute Gasteiger partial charge is 0.308 e. The van der Waals surface area contributed by atoms with Gasteiger partial charge in [0.2, 0.25) is 10.0 Å². The van der Waals surface area contributed by atoms with E-state index in [1.165, 1.54) is 12.1 Å². The summed E-state index contributed by atoms with van der Waals surface area (Å²) in [5.74, 6) is -0.173. The largest absolute Gasteiger partial charge is 0.323 e. The summed E-state index contributed by atoms with van der Waals surface area (Å²) < 4.78 is 25.5. The fourth-order valence-corrected chi connectivity index (χ4v) is 4.02. The van der Waals surface area contributed by atoms with Crippen molar-refractivity contribution in [1.82, 2.24) is 0 Å². The van der Waals surface area contributed by atoms with Gasteiger partial charge in [0.1, 0.15) is 0 Å². The fraction of sp³-hybridized carbons (Fsp3) is 0.0714. The van der Waals surface area contributed by atoms with Crippen LogP contribution in [-0.4, -0.2) is 14.4 Å². The molecule has 1 aliphatic rings. The lowest BCUT2D eigenvalue weighted by molar-refractivity contribution is 0.262. The van der Waals surface area contributed by atoms with Crippen LogP contribution in [0, 0.1) is 0 Å². The fourth-order valence-electron chi connectivity index (χ4n) is 2.19. The number of sulfonamides is 1. The van der Waals surface area contributed by atoms with E-state index in [0.29, 0.717) is 27.6 Å². The normalized spacial score (nSPS) is 14.7. The highest BCUT2D eigenvalue weighted by molar-refractivity contribution is 7.92. The van der Waals surface area contributed by atoms with Crippen LogP contribution in [0.1, 0.15) is 5.56 Å². The molecule has 1 aliphatic heterocycles. The molecule has 0 spiro atoms. The van der Waals surface area contributed by atoms with Crippen LogP contribution in [0.25, 0.3) is 0 Å². The first-order chi connectivity index (χ1) is 10.8.